The molecule has 3 nitrogen and oxygen atoms in total. The first-order chi connectivity index (χ1) is 7.34. The first-order valence-electron chi connectivity index (χ1n) is 6.22. The van der Waals surface area contributed by atoms with Crippen molar-refractivity contribution < 1.29 is 9.53 Å². The fourth-order valence-corrected chi connectivity index (χ4v) is 1.87. The summed E-state index contributed by atoms with van der Waals surface area (Å²) in [7, 11) is 0. The SMILES string of the molecule is CCCCCCOC(=O)[C@@H]1CCCNC1. The van der Waals surface area contributed by atoms with Crippen LogP contribution in [-0.4, -0.2) is 25.7 Å². The normalized spacial score (nSPS) is 21.3. The van der Waals surface area contributed by atoms with Crippen LogP contribution in [0.15, 0.2) is 0 Å². The van der Waals surface area contributed by atoms with Crippen molar-refractivity contribution >= 4 is 5.97 Å². The van der Waals surface area contributed by atoms with Crippen molar-refractivity contribution in [3.8, 4) is 0 Å². The lowest BCUT2D eigenvalue weighted by Gasteiger charge is -2.21. The van der Waals surface area contributed by atoms with Crippen molar-refractivity contribution in [3.05, 3.63) is 0 Å². The van der Waals surface area contributed by atoms with E-state index in [2.05, 4.69) is 12.2 Å². The predicted octanol–water partition coefficient (Wildman–Crippen LogP) is 2.11. The number of ether oxygens (including phenoxy) is 1. The summed E-state index contributed by atoms with van der Waals surface area (Å²) < 4.78 is 5.25. The van der Waals surface area contributed by atoms with Gasteiger partial charge in [0.1, 0.15) is 0 Å². The van der Waals surface area contributed by atoms with E-state index in [4.69, 9.17) is 4.74 Å². The minimum atomic E-state index is -0.00121. The summed E-state index contributed by atoms with van der Waals surface area (Å²) in [4.78, 5) is 11.6. The molecule has 1 heterocycles. The van der Waals surface area contributed by atoms with Crippen LogP contribution < -0.4 is 5.32 Å². The highest BCUT2D eigenvalue weighted by Gasteiger charge is 2.21. The fraction of sp³-hybridized carbons (Fsp3) is 0.917. The third kappa shape index (κ3) is 5.17. The van der Waals surface area contributed by atoms with Crippen molar-refractivity contribution in [2.24, 2.45) is 5.92 Å². The molecule has 0 spiro atoms. The highest BCUT2D eigenvalue weighted by atomic mass is 16.5. The van der Waals surface area contributed by atoms with E-state index in [0.717, 1.165) is 32.4 Å². The van der Waals surface area contributed by atoms with Gasteiger partial charge in [0.15, 0.2) is 0 Å². The van der Waals surface area contributed by atoms with Gasteiger partial charge in [-0.15, -0.1) is 0 Å². The van der Waals surface area contributed by atoms with Gasteiger partial charge in [0.05, 0.1) is 12.5 Å². The number of carbonyl (C=O) groups excluding carboxylic acids is 1. The van der Waals surface area contributed by atoms with E-state index in [1.54, 1.807) is 0 Å². The number of unbranched alkanes of at least 4 members (excludes halogenated alkanes) is 3. The minimum absolute atomic E-state index is 0.00121. The molecule has 0 amide bonds. The summed E-state index contributed by atoms with van der Waals surface area (Å²) in [5.74, 6) is 0.101. The van der Waals surface area contributed by atoms with Crippen molar-refractivity contribution in [1.82, 2.24) is 5.32 Å². The number of piperidine rings is 1. The zero-order valence-corrected chi connectivity index (χ0v) is 9.76. The maximum atomic E-state index is 11.6. The van der Waals surface area contributed by atoms with Gasteiger partial charge in [0.2, 0.25) is 0 Å². The zero-order valence-electron chi connectivity index (χ0n) is 9.76. The molecule has 1 aliphatic heterocycles. The molecule has 15 heavy (non-hydrogen) atoms. The van der Waals surface area contributed by atoms with E-state index >= 15 is 0 Å². The summed E-state index contributed by atoms with van der Waals surface area (Å²) in [5.41, 5.74) is 0. The van der Waals surface area contributed by atoms with Gasteiger partial charge in [0, 0.05) is 6.54 Å². The minimum Gasteiger partial charge on any atom is -0.465 e. The summed E-state index contributed by atoms with van der Waals surface area (Å²) in [6.45, 7) is 4.63. The van der Waals surface area contributed by atoms with Gasteiger partial charge in [-0.25, -0.2) is 0 Å². The smallest absolute Gasteiger partial charge is 0.310 e. The average Bonchev–Trinajstić information content (AvgIpc) is 2.30. The number of nitrogens with one attached hydrogen (secondary N) is 1. The Hall–Kier alpha value is -0.570. The maximum absolute atomic E-state index is 11.6. The second-order valence-corrected chi connectivity index (χ2v) is 4.27. The predicted molar refractivity (Wildman–Crippen MR) is 60.7 cm³/mol. The van der Waals surface area contributed by atoms with Crippen LogP contribution in [0.2, 0.25) is 0 Å². The Morgan fingerprint density at radius 2 is 2.27 bits per heavy atom. The molecule has 0 aromatic rings. The average molecular weight is 213 g/mol. The molecule has 0 saturated carbocycles. The molecule has 0 aromatic heterocycles. The number of hydrogen-bond acceptors (Lipinski definition) is 3. The van der Waals surface area contributed by atoms with E-state index in [-0.39, 0.29) is 11.9 Å². The number of esters is 1. The Morgan fingerprint density at radius 3 is 2.93 bits per heavy atom. The molecule has 0 radical (unpaired) electrons. The Bertz CT molecular complexity index is 176. The molecule has 1 aliphatic rings. The monoisotopic (exact) mass is 213 g/mol. The van der Waals surface area contributed by atoms with E-state index in [1.165, 1.54) is 19.3 Å². The quantitative estimate of drug-likeness (QED) is 0.542. The number of rotatable bonds is 6. The molecule has 0 unspecified atom stereocenters. The molecule has 1 rings (SSSR count). The third-order valence-corrected chi connectivity index (χ3v) is 2.87. The van der Waals surface area contributed by atoms with Crippen LogP contribution in [0.1, 0.15) is 45.4 Å². The lowest BCUT2D eigenvalue weighted by Crippen LogP contribution is -2.35. The molecule has 88 valence electrons. The zero-order chi connectivity index (χ0) is 10.9. The summed E-state index contributed by atoms with van der Waals surface area (Å²) in [5, 5.41) is 3.23. The molecule has 0 aliphatic carbocycles. The van der Waals surface area contributed by atoms with Crippen LogP contribution in [0.25, 0.3) is 0 Å². The van der Waals surface area contributed by atoms with Crippen molar-refractivity contribution in [3.63, 3.8) is 0 Å². The van der Waals surface area contributed by atoms with Crippen LogP contribution in [0.4, 0.5) is 0 Å². The van der Waals surface area contributed by atoms with Gasteiger partial charge in [0.25, 0.3) is 0 Å². The van der Waals surface area contributed by atoms with Gasteiger partial charge in [-0.05, 0) is 25.8 Å². The highest BCUT2D eigenvalue weighted by Crippen LogP contribution is 2.12. The lowest BCUT2D eigenvalue weighted by atomic mass is 10.0. The van der Waals surface area contributed by atoms with Gasteiger partial charge in [-0.2, -0.15) is 0 Å². The number of hydrogen-bond donors (Lipinski definition) is 1. The van der Waals surface area contributed by atoms with Crippen LogP contribution >= 0.6 is 0 Å². The Balaban J connectivity index is 2.02. The van der Waals surface area contributed by atoms with Crippen molar-refractivity contribution in [2.75, 3.05) is 19.7 Å². The molecular weight excluding hydrogens is 190 g/mol. The van der Waals surface area contributed by atoms with E-state index in [0.29, 0.717) is 6.61 Å². The molecule has 1 N–H and O–H groups in total. The summed E-state index contributed by atoms with van der Waals surface area (Å²) in [6.07, 6.45) is 6.73. The summed E-state index contributed by atoms with van der Waals surface area (Å²) in [6, 6.07) is 0. The molecule has 1 atom stereocenters. The van der Waals surface area contributed by atoms with Gasteiger partial charge < -0.3 is 10.1 Å². The molecular formula is C12H23NO2. The summed E-state index contributed by atoms with van der Waals surface area (Å²) >= 11 is 0. The van der Waals surface area contributed by atoms with E-state index in [9.17, 15) is 4.79 Å². The highest BCUT2D eigenvalue weighted by molar-refractivity contribution is 5.72. The Kier molecular flexibility index (Phi) is 6.41. The molecule has 0 aromatic carbocycles. The fourth-order valence-electron chi connectivity index (χ4n) is 1.87. The van der Waals surface area contributed by atoms with Crippen LogP contribution in [-0.2, 0) is 9.53 Å². The standard InChI is InChI=1S/C12H23NO2/c1-2-3-4-5-9-15-12(14)11-7-6-8-13-10-11/h11,13H,2-10H2,1H3/t11-/m1/s1. The second kappa shape index (κ2) is 7.69. The lowest BCUT2D eigenvalue weighted by molar-refractivity contribution is -0.149. The van der Waals surface area contributed by atoms with E-state index in [1.807, 2.05) is 0 Å². The molecule has 1 fully saturated rings. The Labute approximate surface area is 92.6 Å². The van der Waals surface area contributed by atoms with Gasteiger partial charge >= 0.3 is 5.97 Å². The largest absolute Gasteiger partial charge is 0.465 e. The molecule has 0 bridgehead atoms. The third-order valence-electron chi connectivity index (χ3n) is 2.87. The molecule has 1 saturated heterocycles. The number of carbonyl (C=O) groups is 1. The van der Waals surface area contributed by atoms with E-state index < -0.39 is 0 Å². The van der Waals surface area contributed by atoms with Gasteiger partial charge in [-0.3, -0.25) is 4.79 Å². The first-order valence-corrected chi connectivity index (χ1v) is 6.22. The van der Waals surface area contributed by atoms with Crippen molar-refractivity contribution in [1.29, 1.82) is 0 Å². The topological polar surface area (TPSA) is 38.3 Å². The second-order valence-electron chi connectivity index (χ2n) is 4.27. The van der Waals surface area contributed by atoms with Gasteiger partial charge in [-0.1, -0.05) is 26.2 Å². The van der Waals surface area contributed by atoms with Crippen LogP contribution in [0.3, 0.4) is 0 Å². The van der Waals surface area contributed by atoms with Crippen LogP contribution in [0, 0.1) is 5.92 Å². The molecule has 3 heteroatoms. The van der Waals surface area contributed by atoms with Crippen LogP contribution in [0.5, 0.6) is 0 Å². The Morgan fingerprint density at radius 1 is 1.40 bits per heavy atom. The van der Waals surface area contributed by atoms with Crippen molar-refractivity contribution in [2.45, 2.75) is 45.4 Å². The maximum Gasteiger partial charge on any atom is 0.310 e. The first kappa shape index (κ1) is 12.5.